The Morgan fingerprint density at radius 3 is 2.63 bits per heavy atom. The minimum atomic E-state index is -0.490. The number of aliphatic hydroxyl groups is 1. The quantitative estimate of drug-likeness (QED) is 0.506. The molecule has 1 rings (SSSR count). The maximum absolute atomic E-state index is 11.8. The van der Waals surface area contributed by atoms with E-state index in [0.717, 1.165) is 0 Å². The van der Waals surface area contributed by atoms with E-state index in [2.05, 4.69) is 0 Å². The van der Waals surface area contributed by atoms with Crippen LogP contribution in [0, 0.1) is 10.1 Å². The first-order chi connectivity index (χ1) is 8.86. The molecule has 0 aliphatic carbocycles. The molecule has 0 radical (unpaired) electrons. The molecule has 0 spiro atoms. The van der Waals surface area contributed by atoms with Gasteiger partial charge in [0.25, 0.3) is 11.6 Å². The van der Waals surface area contributed by atoms with E-state index >= 15 is 0 Å². The van der Waals surface area contributed by atoms with Gasteiger partial charge in [0.1, 0.15) is 0 Å². The van der Waals surface area contributed by atoms with Crippen molar-refractivity contribution in [3.63, 3.8) is 0 Å². The number of nitro groups is 1. The van der Waals surface area contributed by atoms with E-state index in [0.29, 0.717) is 10.5 Å². The number of hydrogen-bond donors (Lipinski definition) is 1. The van der Waals surface area contributed by atoms with Crippen molar-refractivity contribution < 1.29 is 14.8 Å². The number of nitrogens with zero attached hydrogens (tertiary/aromatic N) is 2. The van der Waals surface area contributed by atoms with Crippen LogP contribution in [-0.2, 0) is 0 Å². The van der Waals surface area contributed by atoms with Crippen LogP contribution in [0.4, 0.5) is 5.69 Å². The zero-order valence-electron chi connectivity index (χ0n) is 11.0. The molecule has 1 unspecified atom stereocenters. The molecule has 0 aliphatic rings. The van der Waals surface area contributed by atoms with Gasteiger partial charge in [-0.1, -0.05) is 6.92 Å². The second-order valence-corrected chi connectivity index (χ2v) is 5.73. The number of nitro benzene ring substituents is 1. The monoisotopic (exact) mass is 284 g/mol. The first-order valence-corrected chi connectivity index (χ1v) is 6.52. The second kappa shape index (κ2) is 6.53. The van der Waals surface area contributed by atoms with Gasteiger partial charge in [0.05, 0.1) is 16.4 Å². The van der Waals surface area contributed by atoms with Gasteiger partial charge in [-0.05, 0) is 12.1 Å². The Labute approximate surface area is 115 Å². The number of aliphatic hydroxyl groups excluding tert-OH is 1. The average molecular weight is 284 g/mol. The van der Waals surface area contributed by atoms with Crippen molar-refractivity contribution in [2.45, 2.75) is 17.1 Å². The van der Waals surface area contributed by atoms with Crippen molar-refractivity contribution in [3.8, 4) is 0 Å². The molecule has 1 aromatic carbocycles. The number of rotatable bonds is 5. The van der Waals surface area contributed by atoms with E-state index in [-0.39, 0.29) is 23.5 Å². The van der Waals surface area contributed by atoms with Crippen molar-refractivity contribution in [2.24, 2.45) is 0 Å². The van der Waals surface area contributed by atoms with Crippen LogP contribution in [0.3, 0.4) is 0 Å². The summed E-state index contributed by atoms with van der Waals surface area (Å²) in [5.41, 5.74) is 0.337. The molecule has 1 amide bonds. The van der Waals surface area contributed by atoms with Gasteiger partial charge in [-0.3, -0.25) is 14.9 Å². The molecular formula is C12H16N2O4S. The molecule has 1 aromatic rings. The fourth-order valence-corrected chi connectivity index (χ4v) is 2.37. The van der Waals surface area contributed by atoms with Gasteiger partial charge in [-0.2, -0.15) is 0 Å². The average Bonchev–Trinajstić information content (AvgIpc) is 2.37. The number of carbonyl (C=O) groups excluding carboxylic acids is 1. The number of carbonyl (C=O) groups is 1. The maximum Gasteiger partial charge on any atom is 0.282 e. The predicted octanol–water partition coefficient (Wildman–Crippen LogP) is 1.77. The van der Waals surface area contributed by atoms with E-state index in [9.17, 15) is 14.9 Å². The zero-order chi connectivity index (χ0) is 14.6. The van der Waals surface area contributed by atoms with Crippen LogP contribution in [0.25, 0.3) is 0 Å². The summed E-state index contributed by atoms with van der Waals surface area (Å²) in [4.78, 5) is 24.1. The van der Waals surface area contributed by atoms with Crippen LogP contribution in [0.2, 0.25) is 0 Å². The van der Waals surface area contributed by atoms with Gasteiger partial charge >= 0.3 is 0 Å². The van der Waals surface area contributed by atoms with Crippen LogP contribution in [-0.4, -0.2) is 46.8 Å². The summed E-state index contributed by atoms with van der Waals surface area (Å²) in [6, 6.07) is 4.26. The Hall–Kier alpha value is -1.60. The van der Waals surface area contributed by atoms with Crippen LogP contribution in [0.5, 0.6) is 0 Å². The van der Waals surface area contributed by atoms with E-state index in [1.165, 1.54) is 34.9 Å². The van der Waals surface area contributed by atoms with Gasteiger partial charge in [-0.15, -0.1) is 11.8 Å². The Kier molecular flexibility index (Phi) is 5.31. The molecule has 0 aliphatic heterocycles. The van der Waals surface area contributed by atoms with E-state index < -0.39 is 4.92 Å². The first-order valence-electron chi connectivity index (χ1n) is 5.64. The van der Waals surface area contributed by atoms with Crippen LogP contribution < -0.4 is 0 Å². The van der Waals surface area contributed by atoms with E-state index in [1.54, 1.807) is 21.0 Å². The molecule has 0 aromatic heterocycles. The highest BCUT2D eigenvalue weighted by Gasteiger charge is 2.19. The van der Waals surface area contributed by atoms with Crippen LogP contribution in [0.15, 0.2) is 23.1 Å². The lowest BCUT2D eigenvalue weighted by molar-refractivity contribution is -0.387. The third-order valence-electron chi connectivity index (χ3n) is 2.39. The minimum absolute atomic E-state index is 0.0550. The minimum Gasteiger partial charge on any atom is -0.395 e. The zero-order valence-corrected chi connectivity index (χ0v) is 11.8. The Bertz CT molecular complexity index is 491. The molecule has 1 N–H and O–H groups in total. The van der Waals surface area contributed by atoms with Gasteiger partial charge in [0.2, 0.25) is 0 Å². The summed E-state index contributed by atoms with van der Waals surface area (Å²) in [6.07, 6.45) is 0. The highest BCUT2D eigenvalue weighted by Crippen LogP contribution is 2.33. The number of hydrogen-bond acceptors (Lipinski definition) is 5. The summed E-state index contributed by atoms with van der Waals surface area (Å²) >= 11 is 1.18. The highest BCUT2D eigenvalue weighted by atomic mass is 32.2. The fraction of sp³-hybridized carbons (Fsp3) is 0.417. The van der Waals surface area contributed by atoms with Crippen molar-refractivity contribution in [2.75, 3.05) is 20.7 Å². The number of thioether (sulfide) groups is 1. The lowest BCUT2D eigenvalue weighted by Crippen LogP contribution is -2.21. The standard InChI is InChI=1S/C12H16N2O4S/c1-8(7-15)19-11-6-9(12(16)13(2)3)4-5-10(11)14(17)18/h4-6,8,15H,7H2,1-3H3. The third-order valence-corrected chi connectivity index (χ3v) is 3.53. The van der Waals surface area contributed by atoms with E-state index in [1.807, 2.05) is 0 Å². The molecule has 7 heteroatoms. The topological polar surface area (TPSA) is 83.7 Å². The Morgan fingerprint density at radius 2 is 2.16 bits per heavy atom. The van der Waals surface area contributed by atoms with Gasteiger partial charge in [-0.25, -0.2) is 0 Å². The third kappa shape index (κ3) is 3.93. The summed E-state index contributed by atoms with van der Waals surface area (Å²) in [6.45, 7) is 1.67. The maximum atomic E-state index is 11.8. The largest absolute Gasteiger partial charge is 0.395 e. The number of amides is 1. The predicted molar refractivity (Wildman–Crippen MR) is 73.5 cm³/mol. The van der Waals surface area contributed by atoms with Crippen molar-refractivity contribution in [3.05, 3.63) is 33.9 Å². The Balaban J connectivity index is 3.18. The van der Waals surface area contributed by atoms with Crippen LogP contribution in [0.1, 0.15) is 17.3 Å². The smallest absolute Gasteiger partial charge is 0.282 e. The number of benzene rings is 1. The normalized spacial score (nSPS) is 12.0. The van der Waals surface area contributed by atoms with Crippen molar-refractivity contribution in [1.82, 2.24) is 4.90 Å². The molecule has 0 bridgehead atoms. The van der Waals surface area contributed by atoms with E-state index in [4.69, 9.17) is 5.11 Å². The van der Waals surface area contributed by atoms with Crippen LogP contribution >= 0.6 is 11.8 Å². The molecule has 19 heavy (non-hydrogen) atoms. The van der Waals surface area contributed by atoms with Gasteiger partial charge in [0.15, 0.2) is 0 Å². The summed E-state index contributed by atoms with van der Waals surface area (Å²) in [5, 5.41) is 19.8. The van der Waals surface area contributed by atoms with Crippen molar-refractivity contribution in [1.29, 1.82) is 0 Å². The lowest BCUT2D eigenvalue weighted by atomic mass is 10.2. The molecule has 1 atom stereocenters. The summed E-state index contributed by atoms with van der Waals surface area (Å²) in [5.74, 6) is -0.214. The summed E-state index contributed by atoms with van der Waals surface area (Å²) < 4.78 is 0. The molecule has 0 saturated carbocycles. The van der Waals surface area contributed by atoms with Crippen molar-refractivity contribution >= 4 is 23.4 Å². The highest BCUT2D eigenvalue weighted by molar-refractivity contribution is 8.00. The molecular weight excluding hydrogens is 268 g/mol. The second-order valence-electron chi connectivity index (χ2n) is 4.25. The fourth-order valence-electron chi connectivity index (χ4n) is 1.40. The van der Waals surface area contributed by atoms with Gasteiger partial charge in [0, 0.05) is 31.0 Å². The molecule has 0 fully saturated rings. The molecule has 0 heterocycles. The SMILES string of the molecule is CC(CO)Sc1cc(C(=O)N(C)C)ccc1[N+](=O)[O-]. The van der Waals surface area contributed by atoms with Gasteiger partial charge < -0.3 is 10.0 Å². The lowest BCUT2D eigenvalue weighted by Gasteiger charge is -2.12. The molecule has 0 saturated heterocycles. The summed E-state index contributed by atoms with van der Waals surface area (Å²) in [7, 11) is 3.24. The molecule has 104 valence electrons. The Morgan fingerprint density at radius 1 is 1.53 bits per heavy atom. The molecule has 6 nitrogen and oxygen atoms in total. The first kappa shape index (κ1) is 15.5.